The average Bonchev–Trinajstić information content (AvgIpc) is 1.89. The molecule has 2 nitrogen and oxygen atoms in total. The molecule has 0 atom stereocenters. The molecule has 11 heavy (non-hydrogen) atoms. The van der Waals surface area contributed by atoms with E-state index in [1.807, 2.05) is 0 Å². The Hall–Kier alpha value is -0.600. The molecule has 0 heterocycles. The summed E-state index contributed by atoms with van der Waals surface area (Å²) in [6.07, 6.45) is -0.405. The molecular formula is C8H17FO2. The van der Waals surface area contributed by atoms with E-state index in [9.17, 15) is 4.39 Å². The van der Waals surface area contributed by atoms with Crippen LogP contribution in [0.15, 0.2) is 0 Å². The highest BCUT2D eigenvalue weighted by molar-refractivity contribution is 5.57. The number of carbonyl (C=O) groups excluding carboxylic acids is 1. The zero-order chi connectivity index (χ0) is 9.28. The number of ether oxygens (including phenoxy) is 1. The van der Waals surface area contributed by atoms with Crippen molar-refractivity contribution in [2.24, 2.45) is 5.92 Å². The molecule has 0 radical (unpaired) electrons. The highest BCUT2D eigenvalue weighted by atomic mass is 19.1. The third-order valence-corrected chi connectivity index (χ3v) is 1.07. The first-order valence-corrected chi connectivity index (χ1v) is 3.86. The molecule has 0 spiro atoms. The van der Waals surface area contributed by atoms with Gasteiger partial charge in [-0.05, 0) is 12.8 Å². The van der Waals surface area contributed by atoms with Crippen molar-refractivity contribution in [2.75, 3.05) is 6.61 Å². The summed E-state index contributed by atoms with van der Waals surface area (Å²) in [5.74, 6) is 0.884. The van der Waals surface area contributed by atoms with Crippen molar-refractivity contribution in [1.29, 1.82) is 0 Å². The highest BCUT2D eigenvalue weighted by Crippen LogP contribution is 1.93. The predicted molar refractivity (Wildman–Crippen MR) is 43.3 cm³/mol. The molecular weight excluding hydrogens is 147 g/mol. The molecule has 0 aliphatic heterocycles. The van der Waals surface area contributed by atoms with Crippen LogP contribution in [-0.2, 0) is 4.74 Å². The molecule has 0 aliphatic rings. The van der Waals surface area contributed by atoms with E-state index in [4.69, 9.17) is 4.79 Å². The van der Waals surface area contributed by atoms with Gasteiger partial charge in [-0.2, -0.15) is 0 Å². The van der Waals surface area contributed by atoms with Gasteiger partial charge in [0.2, 0.25) is 0 Å². The normalized spacial score (nSPS) is 8.55. The first-order chi connectivity index (χ1) is 5.04. The van der Waals surface area contributed by atoms with Crippen LogP contribution < -0.4 is 0 Å². The Morgan fingerprint density at radius 3 is 1.82 bits per heavy atom. The van der Waals surface area contributed by atoms with E-state index in [1.54, 1.807) is 0 Å². The molecule has 0 unspecified atom stereocenters. The Bertz CT molecular complexity index is 92.1. The Morgan fingerprint density at radius 1 is 1.45 bits per heavy atom. The minimum atomic E-state index is -1.71. The molecule has 0 aromatic rings. The molecule has 0 rings (SSSR count). The van der Waals surface area contributed by atoms with Crippen LogP contribution >= 0.6 is 0 Å². The van der Waals surface area contributed by atoms with Gasteiger partial charge in [0.25, 0.3) is 0 Å². The molecule has 0 saturated carbocycles. The molecule has 0 aromatic heterocycles. The second-order valence-corrected chi connectivity index (χ2v) is 2.47. The minimum absolute atomic E-state index is 0.106. The van der Waals surface area contributed by atoms with Gasteiger partial charge >= 0.3 is 6.22 Å². The van der Waals surface area contributed by atoms with Crippen molar-refractivity contribution in [3.05, 3.63) is 0 Å². The third kappa shape index (κ3) is 26.6. The van der Waals surface area contributed by atoms with Gasteiger partial charge in [0.15, 0.2) is 0 Å². The molecule has 68 valence electrons. The lowest BCUT2D eigenvalue weighted by Gasteiger charge is -1.90. The standard InChI is InChI=1S/C5H12.C3H5FO2/c1-4-5(2)3;1-2-6-3(4)5/h5H,4H2,1-3H3;2H2,1H3. The largest absolute Gasteiger partial charge is 0.495 e. The van der Waals surface area contributed by atoms with Crippen molar-refractivity contribution in [1.82, 2.24) is 0 Å². The Labute approximate surface area is 67.7 Å². The quantitative estimate of drug-likeness (QED) is 0.586. The van der Waals surface area contributed by atoms with Crippen molar-refractivity contribution in [2.45, 2.75) is 34.1 Å². The molecule has 0 amide bonds. The second-order valence-electron chi connectivity index (χ2n) is 2.47. The Balaban J connectivity index is 0. The maximum Gasteiger partial charge on any atom is 0.495 e. The second kappa shape index (κ2) is 9.40. The van der Waals surface area contributed by atoms with Gasteiger partial charge in [-0.15, -0.1) is 4.39 Å². The van der Waals surface area contributed by atoms with E-state index in [2.05, 4.69) is 25.5 Å². The zero-order valence-electron chi connectivity index (χ0n) is 7.69. The third-order valence-electron chi connectivity index (χ3n) is 1.07. The van der Waals surface area contributed by atoms with E-state index in [0.29, 0.717) is 0 Å². The van der Waals surface area contributed by atoms with Crippen molar-refractivity contribution < 1.29 is 13.9 Å². The number of carbonyl (C=O) groups is 1. The summed E-state index contributed by atoms with van der Waals surface area (Å²) < 4.78 is 14.6. The van der Waals surface area contributed by atoms with Gasteiger partial charge in [0.1, 0.15) is 0 Å². The molecule has 0 aromatic carbocycles. The molecule has 0 fully saturated rings. The molecule has 0 saturated heterocycles. The van der Waals surface area contributed by atoms with Crippen LogP contribution in [0, 0.1) is 5.92 Å². The summed E-state index contributed by atoms with van der Waals surface area (Å²) in [6.45, 7) is 8.29. The van der Waals surface area contributed by atoms with E-state index >= 15 is 0 Å². The highest BCUT2D eigenvalue weighted by Gasteiger charge is 1.89. The minimum Gasteiger partial charge on any atom is -0.441 e. The maximum absolute atomic E-state index is 10.8. The molecule has 0 bridgehead atoms. The number of hydrogen-bond acceptors (Lipinski definition) is 2. The van der Waals surface area contributed by atoms with Crippen LogP contribution in [0.2, 0.25) is 0 Å². The number of rotatable bonds is 2. The Kier molecular flexibility index (Phi) is 11.1. The first kappa shape index (κ1) is 13.0. The summed E-state index contributed by atoms with van der Waals surface area (Å²) in [5.41, 5.74) is 0. The van der Waals surface area contributed by atoms with Crippen LogP contribution in [0.4, 0.5) is 9.18 Å². The van der Waals surface area contributed by atoms with Gasteiger partial charge in [-0.1, -0.05) is 27.2 Å². The predicted octanol–water partition coefficient (Wildman–Crippen LogP) is 3.16. The average molecular weight is 164 g/mol. The van der Waals surface area contributed by atoms with Crippen LogP contribution in [-0.4, -0.2) is 12.8 Å². The topological polar surface area (TPSA) is 26.3 Å². The smallest absolute Gasteiger partial charge is 0.441 e. The van der Waals surface area contributed by atoms with Crippen molar-refractivity contribution in [3.63, 3.8) is 0 Å². The summed E-state index contributed by atoms with van der Waals surface area (Å²) in [4.78, 5) is 9.15. The lowest BCUT2D eigenvalue weighted by atomic mass is 10.2. The van der Waals surface area contributed by atoms with E-state index in [-0.39, 0.29) is 6.61 Å². The van der Waals surface area contributed by atoms with Gasteiger partial charge in [-0.3, -0.25) is 0 Å². The fourth-order valence-electron chi connectivity index (χ4n) is 0.113. The van der Waals surface area contributed by atoms with Crippen LogP contribution in [0.3, 0.4) is 0 Å². The van der Waals surface area contributed by atoms with Gasteiger partial charge in [0.05, 0.1) is 6.61 Å². The maximum atomic E-state index is 10.8. The first-order valence-electron chi connectivity index (χ1n) is 3.86. The number of halogens is 1. The van der Waals surface area contributed by atoms with E-state index in [0.717, 1.165) is 5.92 Å². The van der Waals surface area contributed by atoms with Crippen LogP contribution in [0.5, 0.6) is 0 Å². The lowest BCUT2D eigenvalue weighted by molar-refractivity contribution is 0.126. The SMILES string of the molecule is CCC(C)C.CCOC(=O)F. The summed E-state index contributed by atoms with van der Waals surface area (Å²) >= 11 is 0. The number of hydrogen-bond donors (Lipinski definition) is 0. The molecule has 0 N–H and O–H groups in total. The van der Waals surface area contributed by atoms with Crippen LogP contribution in [0.1, 0.15) is 34.1 Å². The summed E-state index contributed by atoms with van der Waals surface area (Å²) in [6, 6.07) is 0. The summed E-state index contributed by atoms with van der Waals surface area (Å²) in [5, 5.41) is 0. The Morgan fingerprint density at radius 2 is 1.82 bits per heavy atom. The van der Waals surface area contributed by atoms with Gasteiger partial charge in [0, 0.05) is 0 Å². The monoisotopic (exact) mass is 164 g/mol. The molecule has 3 heteroatoms. The van der Waals surface area contributed by atoms with Crippen LogP contribution in [0.25, 0.3) is 0 Å². The lowest BCUT2D eigenvalue weighted by Crippen LogP contribution is -1.90. The summed E-state index contributed by atoms with van der Waals surface area (Å²) in [7, 11) is 0. The van der Waals surface area contributed by atoms with E-state index < -0.39 is 6.22 Å². The van der Waals surface area contributed by atoms with Crippen molar-refractivity contribution in [3.8, 4) is 0 Å². The molecule has 0 aliphatic carbocycles. The van der Waals surface area contributed by atoms with Gasteiger partial charge < -0.3 is 4.74 Å². The van der Waals surface area contributed by atoms with Gasteiger partial charge in [-0.25, -0.2) is 4.79 Å². The zero-order valence-corrected chi connectivity index (χ0v) is 7.69. The fourth-order valence-corrected chi connectivity index (χ4v) is 0.113. The fraction of sp³-hybridized carbons (Fsp3) is 0.875. The van der Waals surface area contributed by atoms with E-state index in [1.165, 1.54) is 13.3 Å². The van der Waals surface area contributed by atoms with Crippen molar-refractivity contribution >= 4 is 6.22 Å².